The maximum absolute atomic E-state index is 11.3. The van der Waals surface area contributed by atoms with Gasteiger partial charge in [-0.05, 0) is 38.2 Å². The summed E-state index contributed by atoms with van der Waals surface area (Å²) in [5.41, 5.74) is 0. The van der Waals surface area contributed by atoms with Crippen molar-refractivity contribution in [2.24, 2.45) is 0 Å². The maximum Gasteiger partial charge on any atom is 0.330 e. The number of aliphatic hydroxyl groups excluding tert-OH is 6. The van der Waals surface area contributed by atoms with Crippen LogP contribution < -0.4 is 0 Å². The van der Waals surface area contributed by atoms with Gasteiger partial charge in [-0.25, -0.2) is 4.79 Å². The van der Waals surface area contributed by atoms with Crippen molar-refractivity contribution in [1.82, 2.24) is 0 Å². The predicted molar refractivity (Wildman–Crippen MR) is 148 cm³/mol. The first-order valence-corrected chi connectivity index (χ1v) is 15.2. The Labute approximate surface area is 230 Å². The van der Waals surface area contributed by atoms with Gasteiger partial charge < -0.3 is 35.4 Å². The minimum absolute atomic E-state index is 0.0294. The van der Waals surface area contributed by atoms with Gasteiger partial charge in [-0.15, -0.1) is 0 Å². The molecule has 38 heavy (non-hydrogen) atoms. The number of hydrogen-bond acceptors (Lipinski definition) is 8. The summed E-state index contributed by atoms with van der Waals surface area (Å²) in [7, 11) is 0. The number of aliphatic hydroxyl groups is 6. The molecule has 5 unspecified atom stereocenters. The fourth-order valence-electron chi connectivity index (χ4n) is 5.17. The van der Waals surface area contributed by atoms with Crippen LogP contribution in [0.15, 0.2) is 12.2 Å². The fourth-order valence-corrected chi connectivity index (χ4v) is 5.17. The van der Waals surface area contributed by atoms with Gasteiger partial charge in [-0.3, -0.25) is 0 Å². The summed E-state index contributed by atoms with van der Waals surface area (Å²) < 4.78 is 4.98. The lowest BCUT2D eigenvalue weighted by Crippen LogP contribution is -2.37. The molecule has 0 spiro atoms. The molecule has 0 aromatic rings. The number of carbonyl (C=O) groups excluding carboxylic acids is 1. The van der Waals surface area contributed by atoms with E-state index < -0.39 is 48.7 Å². The number of rotatable bonds is 24. The average molecular weight is 545 g/mol. The molecule has 0 bridgehead atoms. The largest absolute Gasteiger partial charge is 0.456 e. The summed E-state index contributed by atoms with van der Waals surface area (Å²) in [5.74, 6) is -0.589. The molecule has 1 aliphatic rings. The van der Waals surface area contributed by atoms with E-state index in [1.807, 2.05) is 0 Å². The molecule has 0 aliphatic carbocycles. The van der Waals surface area contributed by atoms with Gasteiger partial charge in [-0.2, -0.15) is 0 Å². The van der Waals surface area contributed by atoms with Crippen molar-refractivity contribution in [3.63, 3.8) is 0 Å². The van der Waals surface area contributed by atoms with Crippen LogP contribution in [-0.2, 0) is 9.53 Å². The monoisotopic (exact) mass is 544 g/mol. The lowest BCUT2D eigenvalue weighted by atomic mass is 9.95. The van der Waals surface area contributed by atoms with Gasteiger partial charge in [0.1, 0.15) is 12.2 Å². The Balaban J connectivity index is 2.03. The van der Waals surface area contributed by atoms with Crippen LogP contribution in [0.1, 0.15) is 129 Å². The van der Waals surface area contributed by atoms with Crippen molar-refractivity contribution < 1.29 is 40.2 Å². The molecule has 0 aromatic carbocycles. The first-order chi connectivity index (χ1) is 18.2. The van der Waals surface area contributed by atoms with Gasteiger partial charge in [0.05, 0.1) is 30.5 Å². The zero-order valence-corrected chi connectivity index (χ0v) is 23.6. The highest BCUT2D eigenvalue weighted by Crippen LogP contribution is 2.20. The SMILES string of the molecule is CCCCCCCCCCCCCCCC(O)CC(O)CC(O)CC(O)CC(O)C[C@@H]1OC(=O)C=C[C@@H]1O. The fraction of sp³-hybridized carbons (Fsp3) is 0.900. The van der Waals surface area contributed by atoms with E-state index in [2.05, 4.69) is 6.92 Å². The molecule has 0 amide bonds. The minimum atomic E-state index is -1.02. The number of unbranched alkanes of at least 4 members (excludes halogenated alkanes) is 12. The summed E-state index contributed by atoms with van der Waals surface area (Å²) in [4.78, 5) is 11.3. The Morgan fingerprint density at radius 2 is 1.08 bits per heavy atom. The summed E-state index contributed by atoms with van der Waals surface area (Å²) in [6.07, 6.45) is 13.3. The van der Waals surface area contributed by atoms with Crippen LogP contribution in [0, 0.1) is 0 Å². The molecule has 6 N–H and O–H groups in total. The molecule has 0 aromatic heterocycles. The predicted octanol–water partition coefficient (Wildman–Crippen LogP) is 4.07. The van der Waals surface area contributed by atoms with Crippen LogP contribution in [0.2, 0.25) is 0 Å². The molecule has 1 heterocycles. The average Bonchev–Trinajstić information content (AvgIpc) is 2.83. The molecule has 1 rings (SSSR count). The van der Waals surface area contributed by atoms with Gasteiger partial charge in [0.25, 0.3) is 0 Å². The van der Waals surface area contributed by atoms with Crippen molar-refractivity contribution in [2.45, 2.75) is 172 Å². The second-order valence-corrected chi connectivity index (χ2v) is 11.3. The van der Waals surface area contributed by atoms with E-state index >= 15 is 0 Å². The second-order valence-electron chi connectivity index (χ2n) is 11.3. The zero-order valence-electron chi connectivity index (χ0n) is 23.6. The van der Waals surface area contributed by atoms with Crippen LogP contribution in [0.5, 0.6) is 0 Å². The van der Waals surface area contributed by atoms with Gasteiger partial charge in [-0.1, -0.05) is 90.4 Å². The molecule has 8 nitrogen and oxygen atoms in total. The Morgan fingerprint density at radius 3 is 1.58 bits per heavy atom. The van der Waals surface area contributed by atoms with E-state index in [0.29, 0.717) is 6.42 Å². The number of carbonyl (C=O) groups is 1. The van der Waals surface area contributed by atoms with Crippen molar-refractivity contribution in [1.29, 1.82) is 0 Å². The number of cyclic esters (lactones) is 1. The molecule has 0 saturated heterocycles. The number of ether oxygens (including phenoxy) is 1. The third kappa shape index (κ3) is 18.3. The van der Waals surface area contributed by atoms with Crippen LogP contribution in [0.3, 0.4) is 0 Å². The topological polar surface area (TPSA) is 148 Å². The summed E-state index contributed by atoms with van der Waals surface area (Å²) in [5, 5.41) is 60.8. The molecule has 224 valence electrons. The smallest absolute Gasteiger partial charge is 0.330 e. The third-order valence-corrected chi connectivity index (χ3v) is 7.40. The Bertz CT molecular complexity index is 613. The Hall–Kier alpha value is -1.03. The van der Waals surface area contributed by atoms with Gasteiger partial charge >= 0.3 is 5.97 Å². The molecule has 0 fully saturated rings. The first-order valence-electron chi connectivity index (χ1n) is 15.2. The number of esters is 1. The summed E-state index contributed by atoms with van der Waals surface area (Å²) in [6, 6.07) is 0. The van der Waals surface area contributed by atoms with E-state index in [1.54, 1.807) is 0 Å². The number of hydrogen-bond donors (Lipinski definition) is 6. The van der Waals surface area contributed by atoms with E-state index in [4.69, 9.17) is 4.74 Å². The lowest BCUT2D eigenvalue weighted by molar-refractivity contribution is -0.151. The molecule has 7 atom stereocenters. The van der Waals surface area contributed by atoms with E-state index in [-0.39, 0.29) is 32.1 Å². The van der Waals surface area contributed by atoms with Crippen molar-refractivity contribution in [2.75, 3.05) is 0 Å². The maximum atomic E-state index is 11.3. The standard InChI is InChI=1S/C30H56O8/c1-2-3-4-5-6-7-8-9-10-11-12-13-14-15-23(31)18-24(32)19-25(33)20-26(34)21-27(35)22-29-28(36)16-17-30(37)38-29/h16-17,23-29,31-36H,2-15,18-22H2,1H3/t23?,24?,25?,26?,27?,28-,29-/m0/s1. The first kappa shape index (κ1) is 35.0. The van der Waals surface area contributed by atoms with E-state index in [1.165, 1.54) is 76.7 Å². The molecule has 0 saturated carbocycles. The lowest BCUT2D eigenvalue weighted by Gasteiger charge is -2.27. The summed E-state index contributed by atoms with van der Waals surface area (Å²) in [6.45, 7) is 2.25. The van der Waals surface area contributed by atoms with Crippen LogP contribution >= 0.6 is 0 Å². The molecular weight excluding hydrogens is 488 g/mol. The highest BCUT2D eigenvalue weighted by Gasteiger charge is 2.28. The molecule has 1 aliphatic heterocycles. The Kier molecular flexibility index (Phi) is 20.0. The highest BCUT2D eigenvalue weighted by molar-refractivity contribution is 5.83. The van der Waals surface area contributed by atoms with Crippen molar-refractivity contribution >= 4 is 5.97 Å². The quantitative estimate of drug-likeness (QED) is 0.0787. The van der Waals surface area contributed by atoms with Gasteiger partial charge in [0.2, 0.25) is 0 Å². The van der Waals surface area contributed by atoms with Crippen molar-refractivity contribution in [3.05, 3.63) is 12.2 Å². The summed E-state index contributed by atoms with van der Waals surface area (Å²) >= 11 is 0. The Morgan fingerprint density at radius 1 is 0.658 bits per heavy atom. The van der Waals surface area contributed by atoms with Crippen LogP contribution in [0.25, 0.3) is 0 Å². The second kappa shape index (κ2) is 21.8. The molecular formula is C30H56O8. The van der Waals surface area contributed by atoms with Gasteiger partial charge in [0.15, 0.2) is 0 Å². The molecule has 0 radical (unpaired) electrons. The van der Waals surface area contributed by atoms with E-state index in [9.17, 15) is 35.4 Å². The van der Waals surface area contributed by atoms with Crippen molar-refractivity contribution in [3.8, 4) is 0 Å². The highest BCUT2D eigenvalue weighted by atomic mass is 16.6. The third-order valence-electron chi connectivity index (χ3n) is 7.40. The zero-order chi connectivity index (χ0) is 28.2. The van der Waals surface area contributed by atoms with Crippen LogP contribution in [-0.4, -0.2) is 79.3 Å². The van der Waals surface area contributed by atoms with E-state index in [0.717, 1.165) is 18.9 Å². The minimum Gasteiger partial charge on any atom is -0.456 e. The van der Waals surface area contributed by atoms with Crippen LogP contribution in [0.4, 0.5) is 0 Å². The molecule has 8 heteroatoms. The normalized spacial score (nSPS) is 21.6. The van der Waals surface area contributed by atoms with Gasteiger partial charge in [0, 0.05) is 12.5 Å².